The largest absolute Gasteiger partial charge is 0.481 e. The van der Waals surface area contributed by atoms with Crippen LogP contribution >= 0.6 is 0 Å². The van der Waals surface area contributed by atoms with Crippen LogP contribution in [-0.2, 0) is 11.2 Å². The van der Waals surface area contributed by atoms with E-state index < -0.39 is 11.9 Å². The van der Waals surface area contributed by atoms with Crippen molar-refractivity contribution in [2.24, 2.45) is 0 Å². The van der Waals surface area contributed by atoms with Gasteiger partial charge < -0.3 is 10.1 Å². The van der Waals surface area contributed by atoms with Gasteiger partial charge in [-0.3, -0.25) is 4.79 Å². The van der Waals surface area contributed by atoms with E-state index in [1.165, 1.54) is 24.7 Å². The molecular weight excluding hydrogens is 223 g/mol. The number of imidazole rings is 1. The number of carboxylic acid groups (broad SMARTS) is 1. The van der Waals surface area contributed by atoms with Crippen LogP contribution in [0.15, 0.2) is 36.8 Å². The lowest BCUT2D eigenvalue weighted by Gasteiger charge is -2.10. The molecule has 0 saturated heterocycles. The van der Waals surface area contributed by atoms with Gasteiger partial charge in [0.2, 0.25) is 0 Å². The van der Waals surface area contributed by atoms with Gasteiger partial charge in [0.25, 0.3) is 0 Å². The van der Waals surface area contributed by atoms with Crippen molar-refractivity contribution in [3.05, 3.63) is 53.9 Å². The van der Waals surface area contributed by atoms with Crippen molar-refractivity contribution in [1.29, 1.82) is 0 Å². The lowest BCUT2D eigenvalue weighted by molar-refractivity contribution is -0.138. The van der Waals surface area contributed by atoms with E-state index >= 15 is 0 Å². The van der Waals surface area contributed by atoms with Gasteiger partial charge in [0.05, 0.1) is 6.33 Å². The fourth-order valence-corrected chi connectivity index (χ4v) is 1.64. The summed E-state index contributed by atoms with van der Waals surface area (Å²) in [6, 6.07) is 5.81. The number of halogens is 1. The molecule has 0 radical (unpaired) electrons. The molecule has 0 aliphatic heterocycles. The number of aromatic amines is 1. The summed E-state index contributed by atoms with van der Waals surface area (Å²) in [6.07, 6.45) is 3.23. The second-order valence-electron chi connectivity index (χ2n) is 3.73. The Hall–Kier alpha value is -2.17. The van der Waals surface area contributed by atoms with E-state index in [0.29, 0.717) is 12.1 Å². The molecule has 0 aliphatic rings. The van der Waals surface area contributed by atoms with Crippen LogP contribution in [-0.4, -0.2) is 21.0 Å². The number of aliphatic carboxylic acids is 1. The van der Waals surface area contributed by atoms with Crippen LogP contribution in [0.3, 0.4) is 0 Å². The second kappa shape index (κ2) is 4.78. The van der Waals surface area contributed by atoms with Gasteiger partial charge in [0.1, 0.15) is 11.7 Å². The van der Waals surface area contributed by atoms with Gasteiger partial charge in [-0.2, -0.15) is 0 Å². The van der Waals surface area contributed by atoms with Crippen LogP contribution in [0, 0.1) is 5.82 Å². The quantitative estimate of drug-likeness (QED) is 0.849. The summed E-state index contributed by atoms with van der Waals surface area (Å²) < 4.78 is 12.7. The molecule has 1 atom stereocenters. The standard InChI is InChI=1S/C12H11FN2O2/c13-9-3-1-8(2-4-9)5-10(12(16)17)11-6-14-7-15-11/h1-4,6-7,10H,5H2,(H,14,15)(H,16,17). The maximum atomic E-state index is 12.7. The third kappa shape index (κ3) is 2.69. The molecule has 0 aliphatic carbocycles. The van der Waals surface area contributed by atoms with Gasteiger partial charge in [-0.05, 0) is 24.1 Å². The zero-order chi connectivity index (χ0) is 12.3. The molecule has 5 heteroatoms. The van der Waals surface area contributed by atoms with Crippen molar-refractivity contribution in [2.75, 3.05) is 0 Å². The topological polar surface area (TPSA) is 66.0 Å². The van der Waals surface area contributed by atoms with Crippen molar-refractivity contribution >= 4 is 5.97 Å². The molecule has 2 aromatic rings. The van der Waals surface area contributed by atoms with E-state index in [0.717, 1.165) is 5.56 Å². The summed E-state index contributed by atoms with van der Waals surface area (Å²) in [7, 11) is 0. The van der Waals surface area contributed by atoms with Gasteiger partial charge in [0.15, 0.2) is 0 Å². The maximum absolute atomic E-state index is 12.7. The molecule has 2 rings (SSSR count). The minimum atomic E-state index is -0.932. The molecule has 1 unspecified atom stereocenters. The van der Waals surface area contributed by atoms with Gasteiger partial charge in [-0.25, -0.2) is 9.37 Å². The van der Waals surface area contributed by atoms with E-state index in [-0.39, 0.29) is 5.82 Å². The van der Waals surface area contributed by atoms with Gasteiger partial charge in [0, 0.05) is 11.9 Å². The van der Waals surface area contributed by atoms with Crippen LogP contribution in [0.25, 0.3) is 0 Å². The van der Waals surface area contributed by atoms with Crippen LogP contribution in [0.4, 0.5) is 4.39 Å². The van der Waals surface area contributed by atoms with Crippen molar-refractivity contribution < 1.29 is 14.3 Å². The number of carbonyl (C=O) groups is 1. The molecule has 0 spiro atoms. The molecule has 4 nitrogen and oxygen atoms in total. The number of carboxylic acids is 1. The molecule has 1 aromatic carbocycles. The Morgan fingerprint density at radius 3 is 2.65 bits per heavy atom. The first kappa shape index (κ1) is 11.3. The monoisotopic (exact) mass is 234 g/mol. The van der Waals surface area contributed by atoms with Crippen molar-refractivity contribution in [3.8, 4) is 0 Å². The van der Waals surface area contributed by atoms with E-state index in [1.54, 1.807) is 12.1 Å². The fourth-order valence-electron chi connectivity index (χ4n) is 1.64. The first-order valence-electron chi connectivity index (χ1n) is 5.12. The van der Waals surface area contributed by atoms with E-state index in [4.69, 9.17) is 5.11 Å². The highest BCUT2D eigenvalue weighted by Crippen LogP contribution is 2.19. The summed E-state index contributed by atoms with van der Waals surface area (Å²) in [5, 5.41) is 9.14. The number of hydrogen-bond donors (Lipinski definition) is 2. The highest BCUT2D eigenvalue weighted by molar-refractivity contribution is 5.75. The van der Waals surface area contributed by atoms with Crippen LogP contribution in [0.5, 0.6) is 0 Å². The van der Waals surface area contributed by atoms with Crippen molar-refractivity contribution in [1.82, 2.24) is 9.97 Å². The zero-order valence-corrected chi connectivity index (χ0v) is 8.93. The normalized spacial score (nSPS) is 12.3. The SMILES string of the molecule is O=C(O)C(Cc1ccc(F)cc1)c1cnc[nH]1. The molecule has 0 saturated carbocycles. The summed E-state index contributed by atoms with van der Waals surface area (Å²) >= 11 is 0. The van der Waals surface area contributed by atoms with Crippen molar-refractivity contribution in [3.63, 3.8) is 0 Å². The summed E-state index contributed by atoms with van der Waals surface area (Å²) in [4.78, 5) is 17.7. The van der Waals surface area contributed by atoms with Gasteiger partial charge in [-0.1, -0.05) is 12.1 Å². The fraction of sp³-hybridized carbons (Fsp3) is 0.167. The Balaban J connectivity index is 2.19. The van der Waals surface area contributed by atoms with E-state index in [9.17, 15) is 9.18 Å². The first-order chi connectivity index (χ1) is 8.16. The number of benzene rings is 1. The Morgan fingerprint density at radius 2 is 2.12 bits per heavy atom. The lowest BCUT2D eigenvalue weighted by atomic mass is 9.97. The van der Waals surface area contributed by atoms with Gasteiger partial charge >= 0.3 is 5.97 Å². The van der Waals surface area contributed by atoms with Crippen LogP contribution < -0.4 is 0 Å². The molecular formula is C12H11FN2O2. The minimum absolute atomic E-state index is 0.303. The number of aromatic nitrogens is 2. The van der Waals surface area contributed by atoms with Crippen LogP contribution in [0.2, 0.25) is 0 Å². The highest BCUT2D eigenvalue weighted by Gasteiger charge is 2.21. The van der Waals surface area contributed by atoms with Crippen molar-refractivity contribution in [2.45, 2.75) is 12.3 Å². The Morgan fingerprint density at radius 1 is 1.41 bits per heavy atom. The molecule has 1 heterocycles. The average molecular weight is 234 g/mol. The van der Waals surface area contributed by atoms with Gasteiger partial charge in [-0.15, -0.1) is 0 Å². The Labute approximate surface area is 97.1 Å². The molecule has 0 amide bonds. The minimum Gasteiger partial charge on any atom is -0.481 e. The van der Waals surface area contributed by atoms with Crippen LogP contribution in [0.1, 0.15) is 17.2 Å². The average Bonchev–Trinajstić information content (AvgIpc) is 2.81. The zero-order valence-electron chi connectivity index (χ0n) is 8.93. The van der Waals surface area contributed by atoms with E-state index in [1.807, 2.05) is 0 Å². The number of hydrogen-bond acceptors (Lipinski definition) is 2. The molecule has 2 N–H and O–H groups in total. The number of H-pyrrole nitrogens is 1. The summed E-state index contributed by atoms with van der Waals surface area (Å²) in [5.41, 5.74) is 1.32. The summed E-state index contributed by atoms with van der Waals surface area (Å²) in [5.74, 6) is -1.95. The number of nitrogens with one attached hydrogen (secondary N) is 1. The number of nitrogens with zero attached hydrogens (tertiary/aromatic N) is 1. The Kier molecular flexibility index (Phi) is 3.18. The predicted octanol–water partition coefficient (Wildman–Crippen LogP) is 1.96. The Bertz CT molecular complexity index is 494. The highest BCUT2D eigenvalue weighted by atomic mass is 19.1. The van der Waals surface area contributed by atoms with E-state index in [2.05, 4.69) is 9.97 Å². The first-order valence-corrected chi connectivity index (χ1v) is 5.12. The maximum Gasteiger partial charge on any atom is 0.312 e. The predicted molar refractivity (Wildman–Crippen MR) is 59.1 cm³/mol. The molecule has 0 fully saturated rings. The molecule has 88 valence electrons. The third-order valence-electron chi connectivity index (χ3n) is 2.55. The second-order valence-corrected chi connectivity index (χ2v) is 3.73. The molecule has 0 bridgehead atoms. The molecule has 1 aromatic heterocycles. The number of rotatable bonds is 4. The smallest absolute Gasteiger partial charge is 0.312 e. The molecule has 17 heavy (non-hydrogen) atoms. The third-order valence-corrected chi connectivity index (χ3v) is 2.55. The summed E-state index contributed by atoms with van der Waals surface area (Å²) in [6.45, 7) is 0. The lowest BCUT2D eigenvalue weighted by Crippen LogP contribution is -2.14.